The SMILES string of the molecule is [2H]C([2H])([2H])c1ccc2c(c1)n(C)c(-c1ccccc1C)[n+]2-c1c(C([2H])(C)C)cccc1C([2H])(C)C. The van der Waals surface area contributed by atoms with E-state index >= 15 is 0 Å². The van der Waals surface area contributed by atoms with Crippen LogP contribution in [-0.2, 0) is 7.05 Å². The third kappa shape index (κ3) is 3.25. The molecule has 0 unspecified atom stereocenters. The fraction of sp³-hybridized carbons (Fsp3) is 0.321. The molecule has 2 nitrogen and oxygen atoms in total. The fourth-order valence-corrected chi connectivity index (χ4v) is 4.30. The summed E-state index contributed by atoms with van der Waals surface area (Å²) in [4.78, 5) is 0. The lowest BCUT2D eigenvalue weighted by atomic mass is 9.92. The van der Waals surface area contributed by atoms with Crippen LogP contribution in [0.1, 0.15) is 68.6 Å². The van der Waals surface area contributed by atoms with Crippen molar-refractivity contribution < 1.29 is 11.4 Å². The molecule has 0 N–H and O–H groups in total. The Kier molecular flexibility index (Phi) is 3.88. The van der Waals surface area contributed by atoms with Crippen LogP contribution in [0.5, 0.6) is 0 Å². The first-order valence-electron chi connectivity index (χ1n) is 12.9. The van der Waals surface area contributed by atoms with E-state index in [9.17, 15) is 0 Å². The minimum absolute atomic E-state index is 0.282. The molecule has 0 spiro atoms. The van der Waals surface area contributed by atoms with E-state index < -0.39 is 18.6 Å². The Morgan fingerprint density at radius 2 is 1.57 bits per heavy atom. The second-order valence-electron chi connectivity index (χ2n) is 8.44. The smallest absolute Gasteiger partial charge is 0.225 e. The molecule has 0 atom stereocenters. The van der Waals surface area contributed by atoms with E-state index in [0.29, 0.717) is 0 Å². The summed E-state index contributed by atoms with van der Waals surface area (Å²) in [5.74, 6) is -0.969. The molecule has 3 aromatic carbocycles. The molecule has 4 aromatic rings. The van der Waals surface area contributed by atoms with Gasteiger partial charge in [0.15, 0.2) is 11.0 Å². The molecule has 30 heavy (non-hydrogen) atoms. The van der Waals surface area contributed by atoms with Gasteiger partial charge in [-0.15, -0.1) is 0 Å². The lowest BCUT2D eigenvalue weighted by Crippen LogP contribution is -2.36. The van der Waals surface area contributed by atoms with Crippen molar-refractivity contribution in [1.29, 1.82) is 0 Å². The molecule has 1 heterocycles. The Morgan fingerprint density at radius 1 is 0.900 bits per heavy atom. The van der Waals surface area contributed by atoms with Gasteiger partial charge in [-0.1, -0.05) is 70.2 Å². The molecule has 0 radical (unpaired) electrons. The summed E-state index contributed by atoms with van der Waals surface area (Å²) in [5, 5.41) is 0. The number of aryl methyl sites for hydroxylation is 3. The van der Waals surface area contributed by atoms with Crippen molar-refractivity contribution in [3.8, 4) is 17.1 Å². The van der Waals surface area contributed by atoms with Crippen LogP contribution < -0.4 is 4.57 Å². The summed E-state index contributed by atoms with van der Waals surface area (Å²) in [6, 6.07) is 19.2. The molecule has 2 heteroatoms. The molecular formula is C28H33N2+. The number of imidazole rings is 1. The maximum absolute atomic E-state index is 8.96. The van der Waals surface area contributed by atoms with Crippen LogP contribution in [0.4, 0.5) is 0 Å². The normalized spacial score (nSPS) is 15.3. The first kappa shape index (κ1) is 15.0. The molecule has 1 aromatic heterocycles. The van der Waals surface area contributed by atoms with Gasteiger partial charge in [-0.05, 0) is 54.9 Å². The van der Waals surface area contributed by atoms with Crippen molar-refractivity contribution in [2.24, 2.45) is 7.05 Å². The highest BCUT2D eigenvalue weighted by atomic mass is 15.2. The zero-order valence-electron chi connectivity index (χ0n) is 23.7. The van der Waals surface area contributed by atoms with Crippen LogP contribution in [0.3, 0.4) is 0 Å². The first-order chi connectivity index (χ1) is 16.1. The summed E-state index contributed by atoms with van der Waals surface area (Å²) >= 11 is 0. The Morgan fingerprint density at radius 3 is 2.17 bits per heavy atom. The summed E-state index contributed by atoms with van der Waals surface area (Å²) in [5.41, 5.74) is 6.40. The van der Waals surface area contributed by atoms with Crippen molar-refractivity contribution in [2.75, 3.05) is 0 Å². The largest absolute Gasteiger partial charge is 0.295 e. The average molecular weight is 403 g/mol. The number of rotatable bonds is 4. The fourth-order valence-electron chi connectivity index (χ4n) is 4.30. The van der Waals surface area contributed by atoms with E-state index in [2.05, 4.69) is 23.6 Å². The monoisotopic (exact) mass is 402 g/mol. The van der Waals surface area contributed by atoms with Gasteiger partial charge in [-0.25, -0.2) is 4.57 Å². The second kappa shape index (κ2) is 7.75. The van der Waals surface area contributed by atoms with Crippen LogP contribution in [0.15, 0.2) is 60.7 Å². The summed E-state index contributed by atoms with van der Waals surface area (Å²) in [6.07, 6.45) is 0. The molecule has 0 aliphatic heterocycles. The molecule has 0 aliphatic carbocycles. The molecule has 0 fully saturated rings. The summed E-state index contributed by atoms with van der Waals surface area (Å²) in [6.45, 7) is 7.27. The molecule has 0 saturated carbocycles. The van der Waals surface area contributed by atoms with Crippen LogP contribution in [-0.4, -0.2) is 4.57 Å². The standard InChI is InChI=1S/C28H33N2/c1-18(2)22-13-10-14-23(19(3)4)27(22)30-25-16-15-20(5)17-26(25)29(7)28(30)24-12-9-8-11-21(24)6/h8-19H,1-7H3/q+1/i5D3,18D,19D. The van der Waals surface area contributed by atoms with E-state index in [1.165, 1.54) is 0 Å². The van der Waals surface area contributed by atoms with Crippen molar-refractivity contribution in [1.82, 2.24) is 4.57 Å². The molecular weight excluding hydrogens is 364 g/mol. The molecule has 0 aliphatic rings. The third-order valence-electron chi connectivity index (χ3n) is 5.83. The van der Waals surface area contributed by atoms with Gasteiger partial charge in [0.05, 0.1) is 12.6 Å². The zero-order valence-corrected chi connectivity index (χ0v) is 18.7. The quantitative estimate of drug-likeness (QED) is 0.325. The molecule has 0 bridgehead atoms. The van der Waals surface area contributed by atoms with Crippen LogP contribution in [0, 0.1) is 13.8 Å². The molecule has 154 valence electrons. The number of nitrogens with zero attached hydrogens (tertiary/aromatic N) is 2. The Bertz CT molecular complexity index is 1380. The lowest BCUT2D eigenvalue weighted by molar-refractivity contribution is -0.557. The Balaban J connectivity index is 2.27. The third-order valence-corrected chi connectivity index (χ3v) is 5.83. The van der Waals surface area contributed by atoms with Gasteiger partial charge in [0.2, 0.25) is 0 Å². The molecule has 0 amide bonds. The second-order valence-corrected chi connectivity index (χ2v) is 8.44. The first-order valence-corrected chi connectivity index (χ1v) is 10.4. The maximum Gasteiger partial charge on any atom is 0.295 e. The van der Waals surface area contributed by atoms with E-state index in [4.69, 9.17) is 6.85 Å². The van der Waals surface area contributed by atoms with E-state index in [1.807, 2.05) is 75.7 Å². The van der Waals surface area contributed by atoms with Gasteiger partial charge in [-0.2, -0.15) is 4.57 Å². The predicted octanol–water partition coefficient (Wildman–Crippen LogP) is 6.99. The minimum Gasteiger partial charge on any atom is -0.225 e. The Labute approximate surface area is 187 Å². The van der Waals surface area contributed by atoms with Gasteiger partial charge in [0.25, 0.3) is 5.82 Å². The van der Waals surface area contributed by atoms with Gasteiger partial charge >= 0.3 is 0 Å². The highest BCUT2D eigenvalue weighted by Crippen LogP contribution is 2.33. The van der Waals surface area contributed by atoms with Crippen molar-refractivity contribution in [2.45, 2.75) is 53.3 Å². The minimum atomic E-state index is -2.22. The predicted molar refractivity (Wildman–Crippen MR) is 128 cm³/mol. The van der Waals surface area contributed by atoms with Crippen LogP contribution in [0.2, 0.25) is 0 Å². The average Bonchev–Trinajstić information content (AvgIpc) is 3.03. The zero-order chi connectivity index (χ0) is 25.9. The number of fused-ring (bicyclic) bond motifs is 1. The number of hydrogen-bond acceptors (Lipinski definition) is 0. The van der Waals surface area contributed by atoms with Gasteiger partial charge in [0.1, 0.15) is 5.69 Å². The Hall–Kier alpha value is -2.87. The highest BCUT2D eigenvalue weighted by molar-refractivity contribution is 5.78. The number of hydrogen-bond donors (Lipinski definition) is 0. The summed E-state index contributed by atoms with van der Waals surface area (Å²) < 4.78 is 45.9. The van der Waals surface area contributed by atoms with Crippen LogP contribution >= 0.6 is 0 Å². The van der Waals surface area contributed by atoms with Crippen molar-refractivity contribution in [3.05, 3.63) is 82.9 Å². The van der Waals surface area contributed by atoms with E-state index in [-0.39, 0.29) is 5.56 Å². The van der Waals surface area contributed by atoms with Gasteiger partial charge in [-0.3, -0.25) is 0 Å². The van der Waals surface area contributed by atoms with Gasteiger partial charge < -0.3 is 0 Å². The van der Waals surface area contributed by atoms with E-state index in [1.54, 1.807) is 12.1 Å². The summed E-state index contributed by atoms with van der Waals surface area (Å²) in [7, 11) is 1.95. The topological polar surface area (TPSA) is 8.81 Å². The lowest BCUT2D eigenvalue weighted by Gasteiger charge is -2.18. The number of para-hydroxylation sites is 1. The maximum atomic E-state index is 8.96. The van der Waals surface area contributed by atoms with Crippen LogP contribution in [0.25, 0.3) is 28.1 Å². The van der Waals surface area contributed by atoms with E-state index in [0.717, 1.165) is 44.8 Å². The number of benzene rings is 3. The highest BCUT2D eigenvalue weighted by Gasteiger charge is 2.31. The molecule has 4 rings (SSSR count). The van der Waals surface area contributed by atoms with Crippen molar-refractivity contribution >= 4 is 11.0 Å². The van der Waals surface area contributed by atoms with Gasteiger partial charge in [0, 0.05) is 18.0 Å². The molecule has 0 saturated heterocycles. The number of aromatic nitrogens is 2. The van der Waals surface area contributed by atoms with Crippen molar-refractivity contribution in [3.63, 3.8) is 0 Å².